The van der Waals surface area contributed by atoms with Gasteiger partial charge in [-0.15, -0.1) is 0 Å². The first-order valence-corrected chi connectivity index (χ1v) is 8.77. The van der Waals surface area contributed by atoms with Gasteiger partial charge in [0.05, 0.1) is 30.1 Å². The molecule has 0 amide bonds. The number of aliphatic hydroxyl groups is 1. The Bertz CT molecular complexity index is 720. The number of fused-ring (bicyclic) bond motifs is 1. The molecule has 1 aromatic carbocycles. The number of halogens is 1. The molecular weight excluding hydrogens is 326 g/mol. The molecule has 0 spiro atoms. The van der Waals surface area contributed by atoms with Crippen molar-refractivity contribution in [3.05, 3.63) is 47.2 Å². The van der Waals surface area contributed by atoms with Crippen LogP contribution in [0, 0.1) is 11.3 Å². The Morgan fingerprint density at radius 3 is 3.04 bits per heavy atom. The van der Waals surface area contributed by atoms with E-state index in [4.69, 9.17) is 16.3 Å². The molecule has 2 aliphatic heterocycles. The molecule has 0 radical (unpaired) electrons. The number of aliphatic hydroxyl groups excluding tert-OH is 1. The summed E-state index contributed by atoms with van der Waals surface area (Å²) < 4.78 is 7.46. The predicted octanol–water partition coefficient (Wildman–Crippen LogP) is 2.36. The van der Waals surface area contributed by atoms with Crippen molar-refractivity contribution in [3.8, 4) is 5.69 Å². The van der Waals surface area contributed by atoms with Crippen LogP contribution < -0.4 is 0 Å². The molecule has 0 bridgehead atoms. The van der Waals surface area contributed by atoms with Crippen molar-refractivity contribution in [2.45, 2.75) is 13.0 Å². The molecule has 2 atom stereocenters. The first-order valence-electron chi connectivity index (χ1n) is 8.40. The lowest BCUT2D eigenvalue weighted by atomic mass is 9.76. The van der Waals surface area contributed by atoms with Gasteiger partial charge in [-0.05, 0) is 24.5 Å². The molecule has 3 heterocycles. The van der Waals surface area contributed by atoms with Gasteiger partial charge in [0.1, 0.15) is 0 Å². The number of para-hydroxylation sites is 1. The number of rotatable bonds is 4. The monoisotopic (exact) mass is 347 g/mol. The van der Waals surface area contributed by atoms with E-state index in [0.717, 1.165) is 43.9 Å². The smallest absolute Gasteiger partial charge is 0.0831 e. The van der Waals surface area contributed by atoms with Crippen LogP contribution in [0.3, 0.4) is 0 Å². The van der Waals surface area contributed by atoms with E-state index in [0.29, 0.717) is 17.5 Å². The molecule has 4 rings (SSSR count). The fraction of sp³-hybridized carbons (Fsp3) is 0.500. The van der Waals surface area contributed by atoms with Crippen LogP contribution in [0.5, 0.6) is 0 Å². The number of hydrogen-bond donors (Lipinski definition) is 1. The Hall–Kier alpha value is -1.40. The fourth-order valence-corrected chi connectivity index (χ4v) is 4.24. The van der Waals surface area contributed by atoms with Gasteiger partial charge in [0.2, 0.25) is 0 Å². The second kappa shape index (κ2) is 6.48. The molecular formula is C18H22ClN3O2. The standard InChI is InChI=1S/C18H22ClN3O2/c19-16-3-1-2-4-17(16)22-9-14(7-20-22)8-21-10-15-5-6-24-13-18(15,11-21)12-23/h1-4,7,9,15,23H,5-6,8,10-13H2/t15-,18+/m0/s1. The average Bonchev–Trinajstić information content (AvgIpc) is 3.20. The maximum atomic E-state index is 9.88. The van der Waals surface area contributed by atoms with Gasteiger partial charge in [0, 0.05) is 43.4 Å². The zero-order chi connectivity index (χ0) is 16.6. The lowest BCUT2D eigenvalue weighted by Gasteiger charge is -2.36. The second-order valence-electron chi connectivity index (χ2n) is 6.97. The summed E-state index contributed by atoms with van der Waals surface area (Å²) in [6, 6.07) is 7.70. The Labute approximate surface area is 146 Å². The summed E-state index contributed by atoms with van der Waals surface area (Å²) in [5, 5.41) is 15.0. The van der Waals surface area contributed by atoms with Crippen LogP contribution in [0.2, 0.25) is 5.02 Å². The summed E-state index contributed by atoms with van der Waals surface area (Å²) >= 11 is 6.25. The van der Waals surface area contributed by atoms with Crippen molar-refractivity contribution < 1.29 is 9.84 Å². The van der Waals surface area contributed by atoms with E-state index in [1.54, 1.807) is 0 Å². The molecule has 2 fully saturated rings. The molecule has 2 aliphatic rings. The van der Waals surface area contributed by atoms with Crippen LogP contribution in [-0.2, 0) is 11.3 Å². The van der Waals surface area contributed by atoms with Gasteiger partial charge in [-0.1, -0.05) is 23.7 Å². The molecule has 0 aliphatic carbocycles. The Morgan fingerprint density at radius 1 is 1.38 bits per heavy atom. The summed E-state index contributed by atoms with van der Waals surface area (Å²) in [5.41, 5.74) is 1.96. The van der Waals surface area contributed by atoms with Gasteiger partial charge in [0.15, 0.2) is 0 Å². The largest absolute Gasteiger partial charge is 0.396 e. The van der Waals surface area contributed by atoms with Gasteiger partial charge in [-0.3, -0.25) is 4.90 Å². The van der Waals surface area contributed by atoms with Crippen LogP contribution in [0.15, 0.2) is 36.7 Å². The third-order valence-electron chi connectivity index (χ3n) is 5.34. The minimum Gasteiger partial charge on any atom is -0.396 e. The first kappa shape index (κ1) is 16.1. The minimum atomic E-state index is -0.0863. The summed E-state index contributed by atoms with van der Waals surface area (Å²) in [5.74, 6) is 0.523. The van der Waals surface area contributed by atoms with Crippen molar-refractivity contribution >= 4 is 11.6 Å². The second-order valence-corrected chi connectivity index (χ2v) is 7.38. The Morgan fingerprint density at radius 2 is 2.25 bits per heavy atom. The highest BCUT2D eigenvalue weighted by Gasteiger charge is 2.47. The molecule has 0 unspecified atom stereocenters. The Balaban J connectivity index is 1.48. The van der Waals surface area contributed by atoms with Crippen LogP contribution in [0.1, 0.15) is 12.0 Å². The van der Waals surface area contributed by atoms with Gasteiger partial charge < -0.3 is 9.84 Å². The maximum absolute atomic E-state index is 9.88. The van der Waals surface area contributed by atoms with Crippen LogP contribution in [0.4, 0.5) is 0 Å². The lowest BCUT2D eigenvalue weighted by molar-refractivity contribution is -0.0561. The molecule has 0 saturated carbocycles. The number of benzene rings is 1. The van der Waals surface area contributed by atoms with Crippen molar-refractivity contribution in [2.24, 2.45) is 11.3 Å². The summed E-state index contributed by atoms with van der Waals surface area (Å²) in [6.45, 7) is 4.41. The van der Waals surface area contributed by atoms with Crippen molar-refractivity contribution in [3.63, 3.8) is 0 Å². The van der Waals surface area contributed by atoms with Gasteiger partial charge in [0.25, 0.3) is 0 Å². The highest BCUT2D eigenvalue weighted by atomic mass is 35.5. The summed E-state index contributed by atoms with van der Waals surface area (Å²) in [6.07, 6.45) is 4.97. The average molecular weight is 348 g/mol. The molecule has 1 N–H and O–H groups in total. The van der Waals surface area contributed by atoms with Crippen LogP contribution in [-0.4, -0.2) is 52.7 Å². The molecule has 2 saturated heterocycles. The highest BCUT2D eigenvalue weighted by Crippen LogP contribution is 2.41. The quantitative estimate of drug-likeness (QED) is 0.922. The zero-order valence-corrected chi connectivity index (χ0v) is 14.3. The predicted molar refractivity (Wildman–Crippen MR) is 92.3 cm³/mol. The summed E-state index contributed by atoms with van der Waals surface area (Å²) in [7, 11) is 0. The number of aromatic nitrogens is 2. The third-order valence-corrected chi connectivity index (χ3v) is 5.66. The third kappa shape index (κ3) is 2.86. The summed E-state index contributed by atoms with van der Waals surface area (Å²) in [4.78, 5) is 2.41. The van der Waals surface area contributed by atoms with Gasteiger partial charge in [-0.25, -0.2) is 4.68 Å². The highest BCUT2D eigenvalue weighted by molar-refractivity contribution is 6.32. The van der Waals surface area contributed by atoms with E-state index >= 15 is 0 Å². The molecule has 5 nitrogen and oxygen atoms in total. The topological polar surface area (TPSA) is 50.5 Å². The van der Waals surface area contributed by atoms with Gasteiger partial charge in [-0.2, -0.15) is 5.10 Å². The number of hydrogen-bond acceptors (Lipinski definition) is 4. The zero-order valence-electron chi connectivity index (χ0n) is 13.6. The fourth-order valence-electron chi connectivity index (χ4n) is 4.02. The Kier molecular flexibility index (Phi) is 4.35. The van der Waals surface area contributed by atoms with Crippen molar-refractivity contribution in [1.82, 2.24) is 14.7 Å². The molecule has 24 heavy (non-hydrogen) atoms. The SMILES string of the molecule is OC[C@]12COCC[C@H]1CN(Cc1cnn(-c3ccccc3Cl)c1)C2. The van der Waals surface area contributed by atoms with Crippen LogP contribution in [0.25, 0.3) is 5.69 Å². The van der Waals surface area contributed by atoms with E-state index in [9.17, 15) is 5.11 Å². The molecule has 2 aromatic rings. The van der Waals surface area contributed by atoms with Gasteiger partial charge >= 0.3 is 0 Å². The van der Waals surface area contributed by atoms with E-state index < -0.39 is 0 Å². The molecule has 1 aromatic heterocycles. The maximum Gasteiger partial charge on any atom is 0.0831 e. The number of nitrogens with zero attached hydrogens (tertiary/aromatic N) is 3. The molecule has 128 valence electrons. The van der Waals surface area contributed by atoms with E-state index in [1.165, 1.54) is 0 Å². The lowest BCUT2D eigenvalue weighted by Crippen LogP contribution is -2.42. The number of ether oxygens (including phenoxy) is 1. The normalized spacial score (nSPS) is 27.3. The van der Waals surface area contributed by atoms with Crippen molar-refractivity contribution in [1.29, 1.82) is 0 Å². The van der Waals surface area contributed by atoms with Crippen molar-refractivity contribution in [2.75, 3.05) is 32.9 Å². The number of likely N-dealkylation sites (tertiary alicyclic amines) is 1. The van der Waals surface area contributed by atoms with E-state index in [2.05, 4.69) is 10.00 Å². The molecule has 6 heteroatoms. The minimum absolute atomic E-state index is 0.0863. The van der Waals surface area contributed by atoms with E-state index in [1.807, 2.05) is 41.3 Å². The first-order chi connectivity index (χ1) is 11.7. The van der Waals surface area contributed by atoms with E-state index in [-0.39, 0.29) is 12.0 Å². The van der Waals surface area contributed by atoms with Crippen LogP contribution >= 0.6 is 11.6 Å².